The maximum absolute atomic E-state index is 5.60. The molecule has 2 aromatic carbocycles. The fourth-order valence-corrected chi connectivity index (χ4v) is 5.52. The Labute approximate surface area is 212 Å². The fraction of sp³-hybridized carbons (Fsp3) is 0.400. The molecule has 7 rings (SSSR count). The van der Waals surface area contributed by atoms with Crippen molar-refractivity contribution < 1.29 is 4.74 Å². The van der Waals surface area contributed by atoms with Gasteiger partial charge in [-0.15, -0.1) is 0 Å². The SMILES string of the molecule is CC1=C(Nc2cc(N3CCOCC3)nc(C3CC3c3ccc4ccccc4c3)n2)C=C(C2CC2)NC1. The van der Waals surface area contributed by atoms with Crippen LogP contribution in [0.3, 0.4) is 0 Å². The Kier molecular flexibility index (Phi) is 5.42. The van der Waals surface area contributed by atoms with Gasteiger partial charge < -0.3 is 20.3 Å². The average Bonchev–Trinajstić information content (AvgIpc) is 3.84. The van der Waals surface area contributed by atoms with E-state index in [4.69, 9.17) is 14.7 Å². The van der Waals surface area contributed by atoms with Crippen molar-refractivity contribution in [2.24, 2.45) is 5.92 Å². The zero-order valence-electron chi connectivity index (χ0n) is 20.8. The van der Waals surface area contributed by atoms with Gasteiger partial charge in [0.1, 0.15) is 17.5 Å². The lowest BCUT2D eigenvalue weighted by Gasteiger charge is -2.28. The Morgan fingerprint density at radius 1 is 0.972 bits per heavy atom. The summed E-state index contributed by atoms with van der Waals surface area (Å²) in [5, 5.41) is 9.87. The average molecular weight is 480 g/mol. The first-order valence-electron chi connectivity index (χ1n) is 13.3. The quantitative estimate of drug-likeness (QED) is 0.499. The molecule has 2 unspecified atom stereocenters. The predicted molar refractivity (Wildman–Crippen MR) is 144 cm³/mol. The van der Waals surface area contributed by atoms with Crippen molar-refractivity contribution in [3.8, 4) is 0 Å². The monoisotopic (exact) mass is 479 g/mol. The fourth-order valence-electron chi connectivity index (χ4n) is 5.52. The molecule has 184 valence electrons. The Hall–Kier alpha value is -3.38. The van der Waals surface area contributed by atoms with Gasteiger partial charge in [0.05, 0.1) is 13.2 Å². The zero-order valence-corrected chi connectivity index (χ0v) is 20.8. The van der Waals surface area contributed by atoms with E-state index in [1.807, 2.05) is 0 Å². The van der Waals surface area contributed by atoms with Crippen molar-refractivity contribution in [3.63, 3.8) is 0 Å². The maximum Gasteiger partial charge on any atom is 0.136 e. The van der Waals surface area contributed by atoms with Gasteiger partial charge in [-0.3, -0.25) is 0 Å². The first-order valence-corrected chi connectivity index (χ1v) is 13.3. The van der Waals surface area contributed by atoms with E-state index in [1.54, 1.807) is 0 Å². The number of nitrogens with zero attached hydrogens (tertiary/aromatic N) is 3. The van der Waals surface area contributed by atoms with Gasteiger partial charge in [0.25, 0.3) is 0 Å². The van der Waals surface area contributed by atoms with Crippen LogP contribution in [0.15, 0.2) is 71.6 Å². The lowest BCUT2D eigenvalue weighted by molar-refractivity contribution is 0.122. The highest BCUT2D eigenvalue weighted by Crippen LogP contribution is 2.54. The van der Waals surface area contributed by atoms with Crippen LogP contribution >= 0.6 is 0 Å². The minimum Gasteiger partial charge on any atom is -0.384 e. The molecule has 3 aromatic rings. The van der Waals surface area contributed by atoms with Crippen molar-refractivity contribution in [1.82, 2.24) is 15.3 Å². The van der Waals surface area contributed by atoms with Crippen LogP contribution in [0, 0.1) is 5.92 Å². The van der Waals surface area contributed by atoms with Gasteiger partial charge in [0, 0.05) is 43.0 Å². The summed E-state index contributed by atoms with van der Waals surface area (Å²) >= 11 is 0. The lowest BCUT2D eigenvalue weighted by atomic mass is 10.0. The normalized spacial score (nSPS) is 23.9. The molecule has 4 aliphatic rings. The second-order valence-corrected chi connectivity index (χ2v) is 10.7. The van der Waals surface area contributed by atoms with Crippen molar-refractivity contribution >= 4 is 22.4 Å². The molecule has 2 aliphatic carbocycles. The molecule has 0 amide bonds. The van der Waals surface area contributed by atoms with Crippen molar-refractivity contribution in [2.75, 3.05) is 43.1 Å². The Bertz CT molecular complexity index is 1370. The molecule has 1 aromatic heterocycles. The van der Waals surface area contributed by atoms with Crippen LogP contribution in [0.2, 0.25) is 0 Å². The number of dihydropyridines is 1. The minimum atomic E-state index is 0.355. The Balaban J connectivity index is 1.19. The molecule has 2 saturated carbocycles. The Morgan fingerprint density at radius 2 is 1.81 bits per heavy atom. The molecule has 3 fully saturated rings. The molecule has 0 bridgehead atoms. The van der Waals surface area contributed by atoms with Gasteiger partial charge >= 0.3 is 0 Å². The van der Waals surface area contributed by atoms with Gasteiger partial charge in [-0.1, -0.05) is 42.5 Å². The molecule has 2 aliphatic heterocycles. The number of rotatable bonds is 6. The molecule has 0 radical (unpaired) electrons. The van der Waals surface area contributed by atoms with Gasteiger partial charge in [0.15, 0.2) is 0 Å². The van der Waals surface area contributed by atoms with Crippen LogP contribution in [0.4, 0.5) is 11.6 Å². The van der Waals surface area contributed by atoms with Gasteiger partial charge in [-0.2, -0.15) is 0 Å². The van der Waals surface area contributed by atoms with Crippen LogP contribution in [0.5, 0.6) is 0 Å². The minimum absolute atomic E-state index is 0.355. The molecular weight excluding hydrogens is 446 g/mol. The summed E-state index contributed by atoms with van der Waals surface area (Å²) in [4.78, 5) is 12.5. The summed E-state index contributed by atoms with van der Waals surface area (Å²) in [6.45, 7) is 6.31. The molecule has 1 saturated heterocycles. The van der Waals surface area contributed by atoms with Crippen LogP contribution in [0.1, 0.15) is 49.4 Å². The largest absolute Gasteiger partial charge is 0.384 e. The highest BCUT2D eigenvalue weighted by Gasteiger charge is 2.42. The van der Waals surface area contributed by atoms with Crippen LogP contribution < -0.4 is 15.5 Å². The first-order chi connectivity index (χ1) is 17.7. The van der Waals surface area contributed by atoms with E-state index in [-0.39, 0.29) is 0 Å². The third-order valence-corrected chi connectivity index (χ3v) is 7.99. The zero-order chi connectivity index (χ0) is 24.1. The molecule has 6 nitrogen and oxygen atoms in total. The lowest BCUT2D eigenvalue weighted by Crippen LogP contribution is -2.37. The number of anilines is 2. The predicted octanol–water partition coefficient (Wildman–Crippen LogP) is 5.32. The van der Waals surface area contributed by atoms with E-state index in [9.17, 15) is 0 Å². The standard InChI is InChI=1S/C30H33N5O/c1-19-18-31-27(21-7-8-21)16-26(19)32-28-17-29(35-10-12-36-13-11-35)34-30(33-28)25-15-24(25)23-9-6-20-4-2-3-5-22(20)14-23/h2-6,9,14,16-17,21,24-25,31H,7-8,10-13,15,18H2,1H3,(H,32,33,34). The number of aromatic nitrogens is 2. The topological polar surface area (TPSA) is 62.3 Å². The first kappa shape index (κ1) is 21.9. The Morgan fingerprint density at radius 3 is 2.64 bits per heavy atom. The van der Waals surface area contributed by atoms with Gasteiger partial charge in [-0.25, -0.2) is 9.97 Å². The summed E-state index contributed by atoms with van der Waals surface area (Å²) in [5.41, 5.74) is 5.25. The molecule has 3 heterocycles. The summed E-state index contributed by atoms with van der Waals surface area (Å²) in [6.07, 6.45) is 5.98. The van der Waals surface area contributed by atoms with E-state index < -0.39 is 0 Å². The molecule has 2 atom stereocenters. The molecular formula is C30H33N5O. The van der Waals surface area contributed by atoms with E-state index in [0.717, 1.165) is 56.7 Å². The summed E-state index contributed by atoms with van der Waals surface area (Å²) in [6, 6.07) is 17.6. The highest BCUT2D eigenvalue weighted by atomic mass is 16.5. The number of hydrogen-bond acceptors (Lipinski definition) is 6. The number of fused-ring (bicyclic) bond motifs is 1. The number of ether oxygens (including phenoxy) is 1. The van der Waals surface area contributed by atoms with Gasteiger partial charge in [0.2, 0.25) is 0 Å². The number of benzene rings is 2. The van der Waals surface area contributed by atoms with Crippen molar-refractivity contribution in [2.45, 2.75) is 38.0 Å². The van der Waals surface area contributed by atoms with E-state index in [2.05, 4.69) is 77.1 Å². The summed E-state index contributed by atoms with van der Waals surface area (Å²) < 4.78 is 5.60. The van der Waals surface area contributed by atoms with Crippen LogP contribution in [-0.4, -0.2) is 42.8 Å². The van der Waals surface area contributed by atoms with Crippen LogP contribution in [-0.2, 0) is 4.74 Å². The number of allylic oxidation sites excluding steroid dienone is 2. The second kappa shape index (κ2) is 8.93. The second-order valence-electron chi connectivity index (χ2n) is 10.7. The smallest absolute Gasteiger partial charge is 0.136 e. The van der Waals surface area contributed by atoms with E-state index >= 15 is 0 Å². The van der Waals surface area contributed by atoms with E-state index in [0.29, 0.717) is 17.8 Å². The summed E-state index contributed by atoms with van der Waals surface area (Å²) in [7, 11) is 0. The van der Waals surface area contributed by atoms with E-state index in [1.165, 1.54) is 46.1 Å². The van der Waals surface area contributed by atoms with Crippen molar-refractivity contribution in [3.05, 3.63) is 83.0 Å². The highest BCUT2D eigenvalue weighted by molar-refractivity contribution is 5.83. The third kappa shape index (κ3) is 4.35. The van der Waals surface area contributed by atoms with Gasteiger partial charge in [-0.05, 0) is 66.0 Å². The van der Waals surface area contributed by atoms with Crippen molar-refractivity contribution in [1.29, 1.82) is 0 Å². The number of nitrogens with one attached hydrogen (secondary N) is 2. The molecule has 36 heavy (non-hydrogen) atoms. The third-order valence-electron chi connectivity index (χ3n) is 7.99. The molecule has 6 heteroatoms. The number of hydrogen-bond donors (Lipinski definition) is 2. The number of morpholine rings is 1. The maximum atomic E-state index is 5.60. The summed E-state index contributed by atoms with van der Waals surface area (Å²) in [5.74, 6) is 4.39. The molecule has 2 N–H and O–H groups in total. The molecule has 0 spiro atoms. The van der Waals surface area contributed by atoms with Crippen LogP contribution in [0.25, 0.3) is 10.8 Å².